The molecule has 4 amide bonds. The van der Waals surface area contributed by atoms with Gasteiger partial charge in [-0.2, -0.15) is 0 Å². The Morgan fingerprint density at radius 2 is 1.71 bits per heavy atom. The fourth-order valence-electron chi connectivity index (χ4n) is 4.17. The lowest BCUT2D eigenvalue weighted by Gasteiger charge is -2.35. The number of amides is 4. The van der Waals surface area contributed by atoms with E-state index < -0.39 is 53.9 Å². The molecular formula is C27H40N4O7. The molecule has 0 bridgehead atoms. The van der Waals surface area contributed by atoms with Crippen molar-refractivity contribution in [2.45, 2.75) is 91.0 Å². The van der Waals surface area contributed by atoms with Gasteiger partial charge in [0.1, 0.15) is 17.7 Å². The van der Waals surface area contributed by atoms with E-state index in [1.807, 2.05) is 32.0 Å². The highest BCUT2D eigenvalue weighted by atomic mass is 16.6. The van der Waals surface area contributed by atoms with Crippen LogP contribution >= 0.6 is 0 Å². The number of hydrogen-bond donors (Lipinski definition) is 3. The summed E-state index contributed by atoms with van der Waals surface area (Å²) in [6.07, 6.45) is -0.0696. The number of carbonyl (C=O) groups is 5. The molecule has 4 N–H and O–H groups in total. The number of nitrogens with one attached hydrogen (secondary N) is 2. The Morgan fingerprint density at radius 3 is 2.21 bits per heavy atom. The van der Waals surface area contributed by atoms with Crippen molar-refractivity contribution < 1.29 is 33.4 Å². The lowest BCUT2D eigenvalue weighted by molar-refractivity contribution is -0.145. The van der Waals surface area contributed by atoms with E-state index in [-0.39, 0.29) is 25.6 Å². The van der Waals surface area contributed by atoms with Crippen molar-refractivity contribution in [1.82, 2.24) is 15.5 Å². The summed E-state index contributed by atoms with van der Waals surface area (Å²) in [6, 6.07) is 2.87. The number of rotatable bonds is 12. The molecule has 0 heterocycles. The van der Waals surface area contributed by atoms with E-state index in [4.69, 9.17) is 15.2 Å². The van der Waals surface area contributed by atoms with Gasteiger partial charge in [0.2, 0.25) is 17.7 Å². The van der Waals surface area contributed by atoms with E-state index in [1.54, 1.807) is 27.7 Å². The highest BCUT2D eigenvalue weighted by Gasteiger charge is 2.45. The standard InChI is InChI=1S/C27H40N4O7/c1-7-37-21(33)13-14-29-24(34)23(22-16(2)9-8-10-17(22)3)31(18-11-12-18)25(35)19(15-20(28)32)30-26(36)38-27(4,5)6/h8-10,18-19,23H,7,11-15H2,1-6H3,(H2,28,32)(H,29,34)(H,30,36). The van der Waals surface area contributed by atoms with Crippen molar-refractivity contribution in [3.05, 3.63) is 34.9 Å². The summed E-state index contributed by atoms with van der Waals surface area (Å²) in [7, 11) is 0. The Kier molecular flexibility index (Phi) is 10.7. The normalized spacial score (nSPS) is 14.6. The maximum atomic E-state index is 14.0. The summed E-state index contributed by atoms with van der Waals surface area (Å²) in [4.78, 5) is 65.2. The van der Waals surface area contributed by atoms with Crippen LogP contribution in [-0.4, -0.2) is 65.5 Å². The van der Waals surface area contributed by atoms with Crippen LogP contribution in [0.5, 0.6) is 0 Å². The molecule has 0 saturated heterocycles. The number of primary amides is 1. The maximum Gasteiger partial charge on any atom is 0.408 e. The third-order valence-electron chi connectivity index (χ3n) is 5.86. The first-order valence-electron chi connectivity index (χ1n) is 12.8. The van der Waals surface area contributed by atoms with Crippen molar-refractivity contribution in [3.8, 4) is 0 Å². The van der Waals surface area contributed by atoms with Crippen LogP contribution in [0.3, 0.4) is 0 Å². The molecule has 2 unspecified atom stereocenters. The predicted octanol–water partition coefficient (Wildman–Crippen LogP) is 2.17. The first-order chi connectivity index (χ1) is 17.7. The van der Waals surface area contributed by atoms with Gasteiger partial charge < -0.3 is 30.7 Å². The fraction of sp³-hybridized carbons (Fsp3) is 0.593. The minimum Gasteiger partial charge on any atom is -0.466 e. The number of nitrogens with zero attached hydrogens (tertiary/aromatic N) is 1. The minimum absolute atomic E-state index is 0.0205. The third kappa shape index (κ3) is 9.04. The Bertz CT molecular complexity index is 1030. The zero-order chi connectivity index (χ0) is 28.6. The number of ether oxygens (including phenoxy) is 2. The molecule has 1 aliphatic carbocycles. The summed E-state index contributed by atoms with van der Waals surface area (Å²) >= 11 is 0. The Balaban J connectivity index is 2.45. The number of benzene rings is 1. The van der Waals surface area contributed by atoms with Crippen LogP contribution in [0.25, 0.3) is 0 Å². The van der Waals surface area contributed by atoms with E-state index in [9.17, 15) is 24.0 Å². The molecule has 11 heteroatoms. The molecule has 1 fully saturated rings. The van der Waals surface area contributed by atoms with Crippen LogP contribution in [0.4, 0.5) is 4.79 Å². The topological polar surface area (TPSA) is 157 Å². The summed E-state index contributed by atoms with van der Waals surface area (Å²) in [6.45, 7) is 10.6. The van der Waals surface area contributed by atoms with E-state index in [0.717, 1.165) is 11.1 Å². The van der Waals surface area contributed by atoms with Crippen LogP contribution < -0.4 is 16.4 Å². The van der Waals surface area contributed by atoms with Gasteiger partial charge in [0.25, 0.3) is 0 Å². The lowest BCUT2D eigenvalue weighted by atomic mass is 9.93. The first kappa shape index (κ1) is 30.6. The smallest absolute Gasteiger partial charge is 0.408 e. The highest BCUT2D eigenvalue weighted by Crippen LogP contribution is 2.37. The summed E-state index contributed by atoms with van der Waals surface area (Å²) in [5, 5.41) is 5.23. The molecule has 2 rings (SSSR count). The zero-order valence-electron chi connectivity index (χ0n) is 23.1. The number of esters is 1. The quantitative estimate of drug-likeness (QED) is 0.348. The number of hydrogen-bond acceptors (Lipinski definition) is 7. The number of alkyl carbamates (subject to hydrolysis) is 1. The third-order valence-corrected chi connectivity index (χ3v) is 5.86. The van der Waals surface area contributed by atoms with Crippen molar-refractivity contribution >= 4 is 29.8 Å². The first-order valence-corrected chi connectivity index (χ1v) is 12.8. The molecule has 11 nitrogen and oxygen atoms in total. The second-order valence-corrected chi connectivity index (χ2v) is 10.4. The molecule has 1 aromatic carbocycles. The summed E-state index contributed by atoms with van der Waals surface area (Å²) in [5.41, 5.74) is 6.80. The Hall–Kier alpha value is -3.63. The molecule has 1 saturated carbocycles. The predicted molar refractivity (Wildman–Crippen MR) is 140 cm³/mol. The second kappa shape index (κ2) is 13.3. The second-order valence-electron chi connectivity index (χ2n) is 10.4. The van der Waals surface area contributed by atoms with Crippen molar-refractivity contribution in [2.24, 2.45) is 5.73 Å². The van der Waals surface area contributed by atoms with E-state index in [2.05, 4.69) is 10.6 Å². The van der Waals surface area contributed by atoms with Crippen molar-refractivity contribution in [1.29, 1.82) is 0 Å². The summed E-state index contributed by atoms with van der Waals surface area (Å²) < 4.78 is 10.2. The van der Waals surface area contributed by atoms with Gasteiger partial charge in [-0.15, -0.1) is 0 Å². The summed E-state index contributed by atoms with van der Waals surface area (Å²) in [5.74, 6) is -2.35. The molecule has 0 aromatic heterocycles. The number of aryl methyl sites for hydroxylation is 2. The molecule has 1 aromatic rings. The molecule has 2 atom stereocenters. The molecule has 1 aliphatic rings. The van der Waals surface area contributed by atoms with E-state index in [1.165, 1.54) is 4.90 Å². The monoisotopic (exact) mass is 532 g/mol. The van der Waals surface area contributed by atoms with Gasteiger partial charge >= 0.3 is 12.1 Å². The molecule has 38 heavy (non-hydrogen) atoms. The molecule has 0 spiro atoms. The molecule has 0 radical (unpaired) electrons. The van der Waals surface area contributed by atoms with Crippen molar-refractivity contribution in [3.63, 3.8) is 0 Å². The van der Waals surface area contributed by atoms with Gasteiger partial charge in [-0.1, -0.05) is 18.2 Å². The molecule has 210 valence electrons. The van der Waals surface area contributed by atoms with Gasteiger partial charge in [0.15, 0.2) is 0 Å². The highest BCUT2D eigenvalue weighted by molar-refractivity contribution is 5.95. The van der Waals surface area contributed by atoms with Crippen LogP contribution in [-0.2, 0) is 28.7 Å². The minimum atomic E-state index is -1.33. The lowest BCUT2D eigenvalue weighted by Crippen LogP contribution is -2.55. The van der Waals surface area contributed by atoms with Gasteiger partial charge in [0, 0.05) is 12.6 Å². The van der Waals surface area contributed by atoms with Gasteiger partial charge in [-0.05, 0) is 71.1 Å². The average molecular weight is 533 g/mol. The van der Waals surface area contributed by atoms with E-state index in [0.29, 0.717) is 18.4 Å². The SMILES string of the molecule is CCOC(=O)CCNC(=O)C(c1c(C)cccc1C)N(C(=O)C(CC(N)=O)NC(=O)OC(C)(C)C)C1CC1. The zero-order valence-corrected chi connectivity index (χ0v) is 23.1. The van der Waals surface area contributed by atoms with Crippen LogP contribution in [0, 0.1) is 13.8 Å². The largest absolute Gasteiger partial charge is 0.466 e. The Morgan fingerprint density at radius 1 is 1.11 bits per heavy atom. The van der Waals surface area contributed by atoms with E-state index >= 15 is 0 Å². The Labute approximate surface area is 223 Å². The van der Waals surface area contributed by atoms with Gasteiger partial charge in [-0.25, -0.2) is 4.79 Å². The van der Waals surface area contributed by atoms with Crippen LogP contribution in [0.15, 0.2) is 18.2 Å². The molecule has 0 aliphatic heterocycles. The van der Waals surface area contributed by atoms with Crippen LogP contribution in [0.2, 0.25) is 0 Å². The number of nitrogens with two attached hydrogens (primary N) is 1. The van der Waals surface area contributed by atoms with Crippen LogP contribution in [0.1, 0.15) is 76.1 Å². The maximum absolute atomic E-state index is 14.0. The van der Waals surface area contributed by atoms with Gasteiger partial charge in [-0.3, -0.25) is 19.2 Å². The molecular weight excluding hydrogens is 492 g/mol. The fourth-order valence-corrected chi connectivity index (χ4v) is 4.17. The average Bonchev–Trinajstić information content (AvgIpc) is 3.61. The number of carbonyl (C=O) groups excluding carboxylic acids is 5. The van der Waals surface area contributed by atoms with Crippen molar-refractivity contribution in [2.75, 3.05) is 13.2 Å². The van der Waals surface area contributed by atoms with Gasteiger partial charge in [0.05, 0.1) is 19.4 Å².